The molecular weight excluding hydrogens is 237 g/mol. The third-order valence-electron chi connectivity index (χ3n) is 4.74. The fourth-order valence-corrected chi connectivity index (χ4v) is 3.35. The van der Waals surface area contributed by atoms with E-state index in [0.29, 0.717) is 11.3 Å². The maximum absolute atomic E-state index is 13.5. The minimum Gasteiger partial charge on any atom is -0.313 e. The van der Waals surface area contributed by atoms with E-state index in [1.54, 1.807) is 12.1 Å². The molecule has 0 heterocycles. The highest BCUT2D eigenvalue weighted by atomic mass is 19.1. The molecule has 0 spiro atoms. The summed E-state index contributed by atoms with van der Waals surface area (Å²) < 4.78 is 13.5. The Morgan fingerprint density at radius 2 is 1.89 bits per heavy atom. The van der Waals surface area contributed by atoms with Gasteiger partial charge in [-0.2, -0.15) is 0 Å². The Bertz CT molecular complexity index is 429. The van der Waals surface area contributed by atoms with Gasteiger partial charge in [0.2, 0.25) is 0 Å². The first-order valence-corrected chi connectivity index (χ1v) is 7.36. The normalized spacial score (nSPS) is 21.3. The van der Waals surface area contributed by atoms with Gasteiger partial charge in [0.1, 0.15) is 5.82 Å². The fourth-order valence-electron chi connectivity index (χ4n) is 3.35. The van der Waals surface area contributed by atoms with Crippen LogP contribution in [0.3, 0.4) is 0 Å². The molecule has 1 aliphatic rings. The predicted octanol–water partition coefficient (Wildman–Crippen LogP) is 4.61. The average Bonchev–Trinajstić information content (AvgIpc) is 2.36. The van der Waals surface area contributed by atoms with E-state index in [1.807, 2.05) is 13.1 Å². The lowest BCUT2D eigenvalue weighted by molar-refractivity contribution is 0.164. The van der Waals surface area contributed by atoms with Crippen LogP contribution in [0.25, 0.3) is 0 Å². The lowest BCUT2D eigenvalue weighted by Gasteiger charge is -2.38. The zero-order valence-electron chi connectivity index (χ0n) is 12.6. The molecule has 1 fully saturated rings. The summed E-state index contributed by atoms with van der Waals surface area (Å²) in [6, 6.07) is 5.43. The molecule has 0 bridgehead atoms. The molecule has 106 valence electrons. The molecule has 2 heteroatoms. The molecule has 0 amide bonds. The molecule has 1 unspecified atom stereocenters. The first kappa shape index (κ1) is 14.5. The molecule has 2 rings (SSSR count). The topological polar surface area (TPSA) is 12.0 Å². The monoisotopic (exact) mass is 263 g/mol. The minimum atomic E-state index is -0.128. The van der Waals surface area contributed by atoms with Gasteiger partial charge < -0.3 is 5.32 Å². The van der Waals surface area contributed by atoms with Gasteiger partial charge in [0.05, 0.1) is 0 Å². The predicted molar refractivity (Wildman–Crippen MR) is 78.7 cm³/mol. The molecule has 19 heavy (non-hydrogen) atoms. The second kappa shape index (κ2) is 5.62. The lowest BCUT2D eigenvalue weighted by atomic mass is 9.70. The Balaban J connectivity index is 2.18. The van der Waals surface area contributed by atoms with Gasteiger partial charge in [0, 0.05) is 6.04 Å². The van der Waals surface area contributed by atoms with Crippen LogP contribution in [0.2, 0.25) is 0 Å². The molecule has 0 aliphatic heterocycles. The fraction of sp³-hybridized carbons (Fsp3) is 0.647. The molecule has 1 aromatic rings. The van der Waals surface area contributed by atoms with Crippen LogP contribution in [0.4, 0.5) is 4.39 Å². The molecule has 0 aromatic heterocycles. The van der Waals surface area contributed by atoms with Gasteiger partial charge in [-0.3, -0.25) is 0 Å². The molecule has 1 aromatic carbocycles. The number of aryl methyl sites for hydroxylation is 1. The van der Waals surface area contributed by atoms with Crippen LogP contribution >= 0.6 is 0 Å². The molecule has 1 N–H and O–H groups in total. The van der Waals surface area contributed by atoms with Crippen molar-refractivity contribution in [2.24, 2.45) is 11.3 Å². The second-order valence-corrected chi connectivity index (χ2v) is 6.77. The van der Waals surface area contributed by atoms with E-state index in [9.17, 15) is 4.39 Å². The summed E-state index contributed by atoms with van der Waals surface area (Å²) in [6.07, 6.45) is 5.00. The first-order valence-electron chi connectivity index (χ1n) is 7.36. The van der Waals surface area contributed by atoms with Crippen molar-refractivity contribution in [3.05, 3.63) is 35.1 Å². The number of hydrogen-bond acceptors (Lipinski definition) is 1. The van der Waals surface area contributed by atoms with Crippen molar-refractivity contribution >= 4 is 0 Å². The van der Waals surface area contributed by atoms with Crippen molar-refractivity contribution in [1.29, 1.82) is 0 Å². The Hall–Kier alpha value is -0.890. The van der Waals surface area contributed by atoms with Gasteiger partial charge in [-0.15, -0.1) is 0 Å². The number of hydrogen-bond donors (Lipinski definition) is 1. The van der Waals surface area contributed by atoms with E-state index >= 15 is 0 Å². The molecule has 0 radical (unpaired) electrons. The van der Waals surface area contributed by atoms with E-state index in [2.05, 4.69) is 26.1 Å². The van der Waals surface area contributed by atoms with Crippen LogP contribution in [0, 0.1) is 24.1 Å². The summed E-state index contributed by atoms with van der Waals surface area (Å²) in [6.45, 7) is 6.78. The summed E-state index contributed by atoms with van der Waals surface area (Å²) in [5.41, 5.74) is 2.80. The average molecular weight is 263 g/mol. The standard InChI is InChI=1S/C17H26FN/c1-12-5-6-14(18)11-15(12)16(19-4)13-7-9-17(2,3)10-8-13/h5-6,11,13,16,19H,7-10H2,1-4H3. The summed E-state index contributed by atoms with van der Waals surface area (Å²) in [5.74, 6) is 0.496. The van der Waals surface area contributed by atoms with Gasteiger partial charge in [-0.25, -0.2) is 4.39 Å². The Kier molecular flexibility index (Phi) is 4.29. The second-order valence-electron chi connectivity index (χ2n) is 6.77. The van der Waals surface area contributed by atoms with Gasteiger partial charge in [-0.1, -0.05) is 19.9 Å². The van der Waals surface area contributed by atoms with Crippen molar-refractivity contribution in [1.82, 2.24) is 5.32 Å². The molecular formula is C17H26FN. The number of rotatable bonds is 3. The maximum Gasteiger partial charge on any atom is 0.123 e. The van der Waals surface area contributed by atoms with Gasteiger partial charge >= 0.3 is 0 Å². The van der Waals surface area contributed by atoms with Crippen molar-refractivity contribution in [3.63, 3.8) is 0 Å². The number of benzene rings is 1. The van der Waals surface area contributed by atoms with Crippen LogP contribution in [0.1, 0.15) is 56.7 Å². The summed E-state index contributed by atoms with van der Waals surface area (Å²) in [7, 11) is 1.99. The number of halogens is 1. The number of nitrogens with one attached hydrogen (secondary N) is 1. The van der Waals surface area contributed by atoms with Crippen LogP contribution < -0.4 is 5.32 Å². The zero-order chi connectivity index (χ0) is 14.0. The van der Waals surface area contributed by atoms with E-state index in [4.69, 9.17) is 0 Å². The van der Waals surface area contributed by atoms with E-state index in [-0.39, 0.29) is 11.9 Å². The van der Waals surface area contributed by atoms with Crippen molar-refractivity contribution in [2.45, 2.75) is 52.5 Å². The zero-order valence-corrected chi connectivity index (χ0v) is 12.6. The molecule has 1 nitrogen and oxygen atoms in total. The molecule has 0 saturated heterocycles. The first-order chi connectivity index (χ1) is 8.93. The van der Waals surface area contributed by atoms with Crippen LogP contribution in [-0.2, 0) is 0 Å². The Labute approximate surface area is 116 Å². The Morgan fingerprint density at radius 3 is 2.47 bits per heavy atom. The highest BCUT2D eigenvalue weighted by molar-refractivity contribution is 5.30. The van der Waals surface area contributed by atoms with Crippen molar-refractivity contribution in [2.75, 3.05) is 7.05 Å². The maximum atomic E-state index is 13.5. The third-order valence-corrected chi connectivity index (χ3v) is 4.74. The van der Waals surface area contributed by atoms with Crippen molar-refractivity contribution < 1.29 is 4.39 Å². The Morgan fingerprint density at radius 1 is 1.26 bits per heavy atom. The smallest absolute Gasteiger partial charge is 0.123 e. The highest BCUT2D eigenvalue weighted by Gasteiger charge is 2.32. The van der Waals surface area contributed by atoms with Crippen LogP contribution in [0.15, 0.2) is 18.2 Å². The van der Waals surface area contributed by atoms with Crippen molar-refractivity contribution in [3.8, 4) is 0 Å². The molecule has 1 saturated carbocycles. The third kappa shape index (κ3) is 3.36. The van der Waals surface area contributed by atoms with Crippen LogP contribution in [-0.4, -0.2) is 7.05 Å². The van der Waals surface area contributed by atoms with E-state index in [1.165, 1.54) is 31.2 Å². The summed E-state index contributed by atoms with van der Waals surface area (Å²) in [5, 5.41) is 3.42. The quantitative estimate of drug-likeness (QED) is 0.839. The molecule has 1 aliphatic carbocycles. The van der Waals surface area contributed by atoms with Gasteiger partial charge in [-0.05, 0) is 74.2 Å². The van der Waals surface area contributed by atoms with Gasteiger partial charge in [0.15, 0.2) is 0 Å². The van der Waals surface area contributed by atoms with E-state index in [0.717, 1.165) is 5.56 Å². The summed E-state index contributed by atoms with van der Waals surface area (Å²) in [4.78, 5) is 0. The lowest BCUT2D eigenvalue weighted by Crippen LogP contribution is -2.31. The van der Waals surface area contributed by atoms with Crippen LogP contribution in [0.5, 0.6) is 0 Å². The van der Waals surface area contributed by atoms with E-state index < -0.39 is 0 Å². The molecule has 1 atom stereocenters. The van der Waals surface area contributed by atoms with Gasteiger partial charge in [0.25, 0.3) is 0 Å². The SMILES string of the molecule is CNC(c1cc(F)ccc1C)C1CCC(C)(C)CC1. The highest BCUT2D eigenvalue weighted by Crippen LogP contribution is 2.43. The largest absolute Gasteiger partial charge is 0.313 e. The minimum absolute atomic E-state index is 0.128. The summed E-state index contributed by atoms with van der Waals surface area (Å²) >= 11 is 0.